The smallest absolute Gasteiger partial charge is 0.0666 e. The van der Waals surface area contributed by atoms with Gasteiger partial charge in [0.1, 0.15) is 0 Å². The average molecular weight is 350 g/mol. The summed E-state index contributed by atoms with van der Waals surface area (Å²) in [5, 5.41) is 0. The van der Waals surface area contributed by atoms with Gasteiger partial charge in [-0.2, -0.15) is 0 Å². The molecule has 0 radical (unpaired) electrons. The van der Waals surface area contributed by atoms with Crippen LogP contribution in [0.15, 0.2) is 0 Å². The molecule has 0 nitrogen and oxygen atoms in total. The van der Waals surface area contributed by atoms with E-state index in [0.29, 0.717) is 6.84 Å². The number of alkyl halides is 2. The predicted octanol–water partition coefficient (Wildman–Crippen LogP) is 3.76. The van der Waals surface area contributed by atoms with Crippen LogP contribution in [-0.4, -0.2) is 1.43 Å². The summed E-state index contributed by atoms with van der Waals surface area (Å²) in [7, 11) is 0. The number of rotatable bonds is 2. The first-order valence-corrected chi connectivity index (χ1v) is 5.55. The zero-order valence-corrected chi connectivity index (χ0v) is 10.2. The predicted molar refractivity (Wildman–Crippen MR) is 58.4 cm³/mol. The molecule has 0 saturated heterocycles. The second kappa shape index (κ2) is 2.50. The Bertz CT molecular complexity index is 114. The summed E-state index contributed by atoms with van der Waals surface area (Å²) in [6, 6.07) is 0. The topological polar surface area (TPSA) is 0 Å². The Morgan fingerprint density at radius 3 is 2.00 bits per heavy atom. The van der Waals surface area contributed by atoms with E-state index in [0.717, 1.165) is 0 Å². The Kier molecular flexibility index (Phi) is 2.38. The third-order valence-corrected chi connectivity index (χ3v) is 6.46. The van der Waals surface area contributed by atoms with Crippen LogP contribution in [-0.2, 0) is 0 Å². The number of halogens is 2. The molecule has 0 aliphatic heterocycles. The van der Waals surface area contributed by atoms with E-state index >= 15 is 0 Å². The molecule has 2 heteroatoms. The van der Waals surface area contributed by atoms with Crippen molar-refractivity contribution in [3.63, 3.8) is 0 Å². The quantitative estimate of drug-likeness (QED) is 0.526. The van der Waals surface area contributed by atoms with Crippen molar-refractivity contribution < 1.29 is 0 Å². The first-order chi connectivity index (χ1) is 4.02. The molecule has 0 aromatic heterocycles. The molecule has 0 unspecified atom stereocenters. The second-order valence-corrected chi connectivity index (χ2v) is 8.87. The molecule has 0 aromatic rings. The van der Waals surface area contributed by atoms with Gasteiger partial charge < -0.3 is 0 Å². The Labute approximate surface area is 84.4 Å². The van der Waals surface area contributed by atoms with E-state index in [9.17, 15) is 0 Å². The molecule has 1 aliphatic rings. The van der Waals surface area contributed by atoms with Crippen molar-refractivity contribution in [2.24, 2.45) is 5.41 Å². The standard InChI is InChI=1S/C7H12I2/c1-3-7(8,9)6(2)4-5-6/h3-5H2,1-2H3. The van der Waals surface area contributed by atoms with Crippen molar-refractivity contribution in [2.45, 2.75) is 34.5 Å². The van der Waals surface area contributed by atoms with Crippen molar-refractivity contribution in [1.82, 2.24) is 0 Å². The van der Waals surface area contributed by atoms with Crippen molar-refractivity contribution in [3.8, 4) is 0 Å². The lowest BCUT2D eigenvalue weighted by atomic mass is 10.0. The highest BCUT2D eigenvalue weighted by molar-refractivity contribution is 14.2. The van der Waals surface area contributed by atoms with Crippen LogP contribution in [0.1, 0.15) is 33.1 Å². The van der Waals surface area contributed by atoms with Gasteiger partial charge in [-0.15, -0.1) is 0 Å². The molecule has 54 valence electrons. The molecule has 0 N–H and O–H groups in total. The lowest BCUT2D eigenvalue weighted by Gasteiger charge is -2.25. The van der Waals surface area contributed by atoms with Gasteiger partial charge in [-0.05, 0) is 24.7 Å². The molecule has 0 bridgehead atoms. The fraction of sp³-hybridized carbons (Fsp3) is 1.00. The van der Waals surface area contributed by atoms with Crippen LogP contribution in [0.2, 0.25) is 0 Å². The van der Waals surface area contributed by atoms with E-state index in [2.05, 4.69) is 59.0 Å². The van der Waals surface area contributed by atoms with Crippen LogP contribution >= 0.6 is 45.2 Å². The molecule has 0 spiro atoms. The molecule has 1 fully saturated rings. The van der Waals surface area contributed by atoms with Gasteiger partial charge in [0.15, 0.2) is 0 Å². The van der Waals surface area contributed by atoms with Gasteiger partial charge in [0, 0.05) is 0 Å². The zero-order chi connectivity index (χ0) is 7.12. The average Bonchev–Trinajstić information content (AvgIpc) is 2.49. The van der Waals surface area contributed by atoms with E-state index in [-0.39, 0.29) is 0 Å². The van der Waals surface area contributed by atoms with Crippen LogP contribution in [0.4, 0.5) is 0 Å². The van der Waals surface area contributed by atoms with Crippen LogP contribution in [0.25, 0.3) is 0 Å². The molecule has 0 amide bonds. The van der Waals surface area contributed by atoms with Crippen molar-refractivity contribution in [1.29, 1.82) is 0 Å². The van der Waals surface area contributed by atoms with E-state index in [4.69, 9.17) is 0 Å². The van der Waals surface area contributed by atoms with Gasteiger partial charge in [0.2, 0.25) is 0 Å². The summed E-state index contributed by atoms with van der Waals surface area (Å²) in [5.74, 6) is 0. The van der Waals surface area contributed by atoms with Gasteiger partial charge in [-0.1, -0.05) is 59.0 Å². The fourth-order valence-electron chi connectivity index (χ4n) is 0.980. The highest BCUT2D eigenvalue weighted by Crippen LogP contribution is 2.62. The van der Waals surface area contributed by atoms with Crippen LogP contribution in [0.3, 0.4) is 0 Å². The molecular weight excluding hydrogens is 338 g/mol. The Hall–Kier alpha value is 1.46. The fourth-order valence-corrected chi connectivity index (χ4v) is 2.06. The number of hydrogen-bond acceptors (Lipinski definition) is 0. The highest BCUT2D eigenvalue weighted by atomic mass is 127. The van der Waals surface area contributed by atoms with E-state index in [1.807, 2.05) is 0 Å². The molecular formula is C7H12I2. The molecule has 0 atom stereocenters. The number of hydrogen-bond donors (Lipinski definition) is 0. The molecule has 1 aliphatic carbocycles. The summed E-state index contributed by atoms with van der Waals surface area (Å²) in [6.07, 6.45) is 4.17. The summed E-state index contributed by atoms with van der Waals surface area (Å²) < 4.78 is 0.530. The minimum absolute atomic E-state index is 0.530. The second-order valence-electron chi connectivity index (χ2n) is 3.12. The monoisotopic (exact) mass is 350 g/mol. The van der Waals surface area contributed by atoms with Crippen molar-refractivity contribution in [3.05, 3.63) is 0 Å². The first kappa shape index (κ1) is 8.56. The Morgan fingerprint density at radius 2 is 1.89 bits per heavy atom. The van der Waals surface area contributed by atoms with Gasteiger partial charge >= 0.3 is 0 Å². The third-order valence-electron chi connectivity index (χ3n) is 2.33. The van der Waals surface area contributed by atoms with Crippen LogP contribution in [0, 0.1) is 5.41 Å². The van der Waals surface area contributed by atoms with Gasteiger partial charge in [-0.3, -0.25) is 0 Å². The normalized spacial score (nSPS) is 24.0. The molecule has 9 heavy (non-hydrogen) atoms. The molecule has 1 rings (SSSR count). The highest BCUT2D eigenvalue weighted by Gasteiger charge is 2.51. The Morgan fingerprint density at radius 1 is 1.44 bits per heavy atom. The minimum atomic E-state index is 0.530. The van der Waals surface area contributed by atoms with E-state index in [1.54, 1.807) is 0 Å². The zero-order valence-electron chi connectivity index (χ0n) is 5.88. The Balaban J connectivity index is 2.58. The molecule has 0 heterocycles. The van der Waals surface area contributed by atoms with E-state index in [1.165, 1.54) is 19.3 Å². The maximum Gasteiger partial charge on any atom is 0.0785 e. The third kappa shape index (κ3) is 1.54. The van der Waals surface area contributed by atoms with Crippen molar-refractivity contribution in [2.75, 3.05) is 0 Å². The SMILES string of the molecule is CCC(I)(I)C1(C)CC1. The van der Waals surface area contributed by atoms with Crippen LogP contribution in [0.5, 0.6) is 0 Å². The summed E-state index contributed by atoms with van der Waals surface area (Å²) in [6.45, 7) is 4.68. The van der Waals surface area contributed by atoms with Gasteiger partial charge in [0.25, 0.3) is 0 Å². The maximum atomic E-state index is 2.60. The van der Waals surface area contributed by atoms with Crippen molar-refractivity contribution >= 4 is 45.2 Å². The van der Waals surface area contributed by atoms with E-state index < -0.39 is 0 Å². The minimum Gasteiger partial charge on any atom is -0.0666 e. The maximum absolute atomic E-state index is 2.60. The summed E-state index contributed by atoms with van der Waals surface area (Å²) in [5.41, 5.74) is 0.670. The first-order valence-electron chi connectivity index (χ1n) is 3.40. The molecule has 1 saturated carbocycles. The largest absolute Gasteiger partial charge is 0.0785 e. The van der Waals surface area contributed by atoms with Crippen LogP contribution < -0.4 is 0 Å². The van der Waals surface area contributed by atoms with Gasteiger partial charge in [0.05, 0.1) is 1.43 Å². The molecule has 0 aromatic carbocycles. The lowest BCUT2D eigenvalue weighted by Crippen LogP contribution is -2.21. The van der Waals surface area contributed by atoms with Gasteiger partial charge in [-0.25, -0.2) is 0 Å². The summed E-state index contributed by atoms with van der Waals surface area (Å²) >= 11 is 5.19. The summed E-state index contributed by atoms with van der Waals surface area (Å²) in [4.78, 5) is 0. The lowest BCUT2D eigenvalue weighted by molar-refractivity contribution is 0.529.